The van der Waals surface area contributed by atoms with E-state index in [1.165, 1.54) is 0 Å². The van der Waals surface area contributed by atoms with Crippen molar-refractivity contribution in [3.8, 4) is 0 Å². The molecule has 0 aliphatic carbocycles. The van der Waals surface area contributed by atoms with Gasteiger partial charge in [0.2, 0.25) is 0 Å². The first-order chi connectivity index (χ1) is 7.54. The minimum Gasteiger partial charge on any atom is -0.872 e. The number of carbonyl (C=O) groups excluding carboxylic acids is 2. The molecule has 84 valence electrons. The number of ketones is 1. The third-order valence-electron chi connectivity index (χ3n) is 1.78. The summed E-state index contributed by atoms with van der Waals surface area (Å²) in [5.41, 5.74) is 0.334. The molecule has 1 aromatic carbocycles. The summed E-state index contributed by atoms with van der Waals surface area (Å²) in [6.07, 6.45) is 0.717. The molecule has 0 aliphatic rings. The molecule has 0 fully saturated rings. The minimum atomic E-state index is -1.05. The van der Waals surface area contributed by atoms with Gasteiger partial charge in [-0.3, -0.25) is 4.79 Å². The molecule has 4 nitrogen and oxygen atoms in total. The van der Waals surface area contributed by atoms with Gasteiger partial charge in [0, 0.05) is 4.47 Å². The molecule has 5 heteroatoms. The lowest BCUT2D eigenvalue weighted by Crippen LogP contribution is -2.15. The average Bonchev–Trinajstić information content (AvgIpc) is 2.28. The maximum Gasteiger partial charge on any atom is 0.378 e. The number of esters is 1. The number of carbonyl (C=O) groups is 2. The Bertz CT molecular complexity index is 434. The van der Waals surface area contributed by atoms with Crippen molar-refractivity contribution in [2.75, 3.05) is 7.11 Å². The van der Waals surface area contributed by atoms with E-state index in [-0.39, 0.29) is 0 Å². The second-order valence-electron chi connectivity index (χ2n) is 2.87. The molecule has 0 saturated carbocycles. The maximum absolute atomic E-state index is 11.5. The summed E-state index contributed by atoms with van der Waals surface area (Å²) < 4.78 is 5.01. The Kier molecular flexibility index (Phi) is 4.25. The molecule has 0 aliphatic heterocycles. The van der Waals surface area contributed by atoms with Gasteiger partial charge in [-0.2, -0.15) is 0 Å². The van der Waals surface area contributed by atoms with Crippen LogP contribution in [-0.2, 0) is 14.3 Å². The Hall–Kier alpha value is -1.62. The molecule has 0 saturated heterocycles. The lowest BCUT2D eigenvalue weighted by molar-refractivity contribution is -0.243. The number of halogens is 1. The van der Waals surface area contributed by atoms with Gasteiger partial charge in [0.25, 0.3) is 5.78 Å². The van der Waals surface area contributed by atoms with Crippen molar-refractivity contribution in [2.24, 2.45) is 0 Å². The molecule has 0 amide bonds. The standard InChI is InChI=1S/C11H9BrO4/c1-16-11(15)10(14)6-9(13)7-2-4-8(12)5-3-7/h2-6,13H,1H3/p-1/b9-6-. The Labute approximate surface area is 101 Å². The number of benzene rings is 1. The fraction of sp³-hybridized carbons (Fsp3) is 0.0909. The van der Waals surface area contributed by atoms with Gasteiger partial charge in [0.15, 0.2) is 0 Å². The van der Waals surface area contributed by atoms with Crippen molar-refractivity contribution in [3.63, 3.8) is 0 Å². The van der Waals surface area contributed by atoms with E-state index in [1.807, 2.05) is 0 Å². The van der Waals surface area contributed by atoms with Crippen LogP contribution in [0.25, 0.3) is 5.76 Å². The zero-order valence-corrected chi connectivity index (χ0v) is 9.98. The molecule has 0 spiro atoms. The van der Waals surface area contributed by atoms with Crippen molar-refractivity contribution in [1.29, 1.82) is 0 Å². The van der Waals surface area contributed by atoms with E-state index in [4.69, 9.17) is 0 Å². The van der Waals surface area contributed by atoms with Crippen LogP contribution in [0.15, 0.2) is 34.8 Å². The molecule has 16 heavy (non-hydrogen) atoms. The van der Waals surface area contributed by atoms with Gasteiger partial charge in [-0.15, -0.1) is 0 Å². The largest absolute Gasteiger partial charge is 0.872 e. The second-order valence-corrected chi connectivity index (χ2v) is 3.79. The summed E-state index contributed by atoms with van der Waals surface area (Å²) in [4.78, 5) is 21.8. The fourth-order valence-electron chi connectivity index (χ4n) is 0.976. The van der Waals surface area contributed by atoms with E-state index >= 15 is 0 Å². The van der Waals surface area contributed by atoms with Crippen molar-refractivity contribution >= 4 is 33.4 Å². The Morgan fingerprint density at radius 3 is 2.38 bits per heavy atom. The highest BCUT2D eigenvalue weighted by atomic mass is 79.9. The topological polar surface area (TPSA) is 66.4 Å². The van der Waals surface area contributed by atoms with Gasteiger partial charge in [-0.25, -0.2) is 4.79 Å². The quantitative estimate of drug-likeness (QED) is 0.358. The first-order valence-electron chi connectivity index (χ1n) is 4.31. The minimum absolute atomic E-state index is 0.334. The van der Waals surface area contributed by atoms with Crippen molar-refractivity contribution in [3.05, 3.63) is 40.4 Å². The van der Waals surface area contributed by atoms with Crippen molar-refractivity contribution in [1.82, 2.24) is 0 Å². The van der Waals surface area contributed by atoms with Crippen LogP contribution in [0.4, 0.5) is 0 Å². The molecule has 0 heterocycles. The van der Waals surface area contributed by atoms with Gasteiger partial charge >= 0.3 is 5.97 Å². The summed E-state index contributed by atoms with van der Waals surface area (Å²) in [5.74, 6) is -2.54. The zero-order valence-electron chi connectivity index (χ0n) is 8.40. The van der Waals surface area contributed by atoms with Crippen LogP contribution < -0.4 is 5.11 Å². The van der Waals surface area contributed by atoms with Gasteiger partial charge in [0.1, 0.15) is 0 Å². The highest BCUT2D eigenvalue weighted by Gasteiger charge is 2.09. The smallest absolute Gasteiger partial charge is 0.378 e. The van der Waals surface area contributed by atoms with Crippen molar-refractivity contribution < 1.29 is 19.4 Å². The van der Waals surface area contributed by atoms with E-state index in [0.717, 1.165) is 17.7 Å². The first kappa shape index (κ1) is 12.4. The maximum atomic E-state index is 11.5. The number of ether oxygens (including phenoxy) is 1. The number of hydrogen-bond donors (Lipinski definition) is 0. The predicted molar refractivity (Wildman–Crippen MR) is 59.1 cm³/mol. The molecule has 0 bridgehead atoms. The van der Waals surface area contributed by atoms with Crippen LogP contribution in [0, 0.1) is 0 Å². The van der Waals surface area contributed by atoms with Crippen LogP contribution in [0.2, 0.25) is 0 Å². The Morgan fingerprint density at radius 2 is 1.88 bits per heavy atom. The highest BCUT2D eigenvalue weighted by Crippen LogP contribution is 2.14. The molecule has 0 radical (unpaired) electrons. The Morgan fingerprint density at radius 1 is 1.31 bits per heavy atom. The van der Waals surface area contributed by atoms with E-state index in [0.29, 0.717) is 5.56 Å². The third kappa shape index (κ3) is 3.20. The average molecular weight is 284 g/mol. The monoisotopic (exact) mass is 283 g/mol. The fourth-order valence-corrected chi connectivity index (χ4v) is 1.24. The SMILES string of the molecule is COC(=O)C(=O)/C=C(\[O-])c1ccc(Br)cc1. The second kappa shape index (κ2) is 5.46. The summed E-state index contributed by atoms with van der Waals surface area (Å²) in [6, 6.07) is 6.44. The van der Waals surface area contributed by atoms with Gasteiger partial charge < -0.3 is 9.84 Å². The van der Waals surface area contributed by atoms with E-state index in [2.05, 4.69) is 20.7 Å². The lowest BCUT2D eigenvalue weighted by atomic mass is 10.1. The van der Waals surface area contributed by atoms with E-state index in [9.17, 15) is 14.7 Å². The van der Waals surface area contributed by atoms with Gasteiger partial charge in [-0.1, -0.05) is 33.8 Å². The van der Waals surface area contributed by atoms with Crippen molar-refractivity contribution in [2.45, 2.75) is 0 Å². The molecule has 1 rings (SSSR count). The van der Waals surface area contributed by atoms with Crippen LogP contribution >= 0.6 is 15.9 Å². The molecule has 0 N–H and O–H groups in total. The molecule has 1 aromatic rings. The number of methoxy groups -OCH3 is 1. The van der Waals surface area contributed by atoms with Crippen LogP contribution in [-0.4, -0.2) is 18.9 Å². The summed E-state index contributed by atoms with van der Waals surface area (Å²) in [7, 11) is 1.08. The normalized spacial score (nSPS) is 11.0. The Balaban J connectivity index is 2.89. The molecular weight excluding hydrogens is 276 g/mol. The van der Waals surface area contributed by atoms with Crippen LogP contribution in [0.3, 0.4) is 0 Å². The first-order valence-corrected chi connectivity index (χ1v) is 5.11. The lowest BCUT2D eigenvalue weighted by Gasteiger charge is -2.11. The van der Waals surface area contributed by atoms with Gasteiger partial charge in [0.05, 0.1) is 7.11 Å². The number of rotatable bonds is 3. The third-order valence-corrected chi connectivity index (χ3v) is 2.31. The van der Waals surface area contributed by atoms with E-state index < -0.39 is 17.5 Å². The van der Waals surface area contributed by atoms with Crippen LogP contribution in [0.5, 0.6) is 0 Å². The summed E-state index contributed by atoms with van der Waals surface area (Å²) in [5, 5.41) is 11.5. The van der Waals surface area contributed by atoms with Gasteiger partial charge in [-0.05, 0) is 23.8 Å². The summed E-state index contributed by atoms with van der Waals surface area (Å²) >= 11 is 3.22. The molecule has 0 unspecified atom stereocenters. The van der Waals surface area contributed by atoms with Crippen LogP contribution in [0.1, 0.15) is 5.56 Å². The van der Waals surface area contributed by atoms with E-state index in [1.54, 1.807) is 24.3 Å². The zero-order chi connectivity index (χ0) is 12.1. The molecular formula is C11H8BrO4-. The highest BCUT2D eigenvalue weighted by molar-refractivity contribution is 9.10. The summed E-state index contributed by atoms with van der Waals surface area (Å²) in [6.45, 7) is 0. The predicted octanol–water partition coefficient (Wildman–Crippen LogP) is 0.892. The molecule has 0 atom stereocenters. The molecule has 0 aromatic heterocycles. The number of hydrogen-bond acceptors (Lipinski definition) is 4.